The number of ketones is 2. The summed E-state index contributed by atoms with van der Waals surface area (Å²) < 4.78 is 14.7. The molecule has 0 spiro atoms. The number of carbonyl (C=O) groups excluding carboxylic acids is 2. The lowest BCUT2D eigenvalue weighted by Crippen LogP contribution is -2.54. The Hall–Kier alpha value is -0.710. The maximum absolute atomic E-state index is 11.5. The highest BCUT2D eigenvalue weighted by Crippen LogP contribution is 2.38. The molecule has 0 radical (unpaired) electrons. The standard InChI is InChI=1S/C8H16NO9P/c1-3(11)6(13)5(9)8(18-19(15,16)17)7(14)4(12)2-10/h3,5-6,8,10-11,13H,2,9H2,1H3,(H2,15,16,17)/t3?,5-,6?,8+/m0/s1. The molecular formula is C8H16NO9P. The van der Waals surface area contributed by atoms with Crippen LogP contribution in [0.15, 0.2) is 0 Å². The normalized spacial score (nSPS) is 18.5. The molecule has 4 atom stereocenters. The first-order valence-electron chi connectivity index (χ1n) is 5.04. The molecule has 11 heteroatoms. The lowest BCUT2D eigenvalue weighted by Gasteiger charge is -2.27. The SMILES string of the molecule is CC(O)C(O)[C@H](N)[C@@H](OP(=O)(O)O)C(=O)C(=O)CO. The Balaban J connectivity index is 5.22. The molecule has 0 aromatic carbocycles. The van der Waals surface area contributed by atoms with Gasteiger partial charge in [-0.1, -0.05) is 0 Å². The summed E-state index contributed by atoms with van der Waals surface area (Å²) in [5.74, 6) is -2.91. The summed E-state index contributed by atoms with van der Waals surface area (Å²) in [6.45, 7) is -0.102. The molecule has 0 saturated carbocycles. The summed E-state index contributed by atoms with van der Waals surface area (Å²) in [4.78, 5) is 39.7. The van der Waals surface area contributed by atoms with Crippen molar-refractivity contribution in [2.24, 2.45) is 5.73 Å². The molecule has 0 bridgehead atoms. The van der Waals surface area contributed by atoms with Crippen molar-refractivity contribution in [3.63, 3.8) is 0 Å². The Morgan fingerprint density at radius 1 is 1.32 bits per heavy atom. The van der Waals surface area contributed by atoms with E-state index in [0.717, 1.165) is 6.92 Å². The summed E-state index contributed by atoms with van der Waals surface area (Å²) in [5, 5.41) is 27.0. The van der Waals surface area contributed by atoms with Crippen molar-refractivity contribution < 1.29 is 43.8 Å². The molecule has 112 valence electrons. The van der Waals surface area contributed by atoms with Gasteiger partial charge in [0.1, 0.15) is 6.61 Å². The Bertz CT molecular complexity index is 378. The van der Waals surface area contributed by atoms with Crippen LogP contribution in [0.25, 0.3) is 0 Å². The molecule has 2 unspecified atom stereocenters. The van der Waals surface area contributed by atoms with Gasteiger partial charge < -0.3 is 30.8 Å². The highest BCUT2D eigenvalue weighted by Gasteiger charge is 2.40. The molecule has 0 aromatic heterocycles. The zero-order chi connectivity index (χ0) is 15.4. The average molecular weight is 301 g/mol. The van der Waals surface area contributed by atoms with Crippen molar-refractivity contribution in [2.45, 2.75) is 31.3 Å². The van der Waals surface area contributed by atoms with Crippen LogP contribution in [0.5, 0.6) is 0 Å². The third-order valence-electron chi connectivity index (χ3n) is 2.17. The van der Waals surface area contributed by atoms with E-state index in [4.69, 9.17) is 25.7 Å². The van der Waals surface area contributed by atoms with E-state index in [1.807, 2.05) is 0 Å². The van der Waals surface area contributed by atoms with Crippen molar-refractivity contribution in [1.29, 1.82) is 0 Å². The summed E-state index contributed by atoms with van der Waals surface area (Å²) in [6, 6.07) is -1.77. The van der Waals surface area contributed by atoms with Gasteiger partial charge in [0.15, 0.2) is 6.10 Å². The second-order valence-electron chi connectivity index (χ2n) is 3.77. The molecule has 0 saturated heterocycles. The van der Waals surface area contributed by atoms with Gasteiger partial charge in [0, 0.05) is 0 Å². The van der Waals surface area contributed by atoms with Gasteiger partial charge in [0.2, 0.25) is 11.6 Å². The van der Waals surface area contributed by atoms with E-state index in [2.05, 4.69) is 4.52 Å². The largest absolute Gasteiger partial charge is 0.470 e. The summed E-state index contributed by atoms with van der Waals surface area (Å²) in [6.07, 6.45) is -5.40. The Kier molecular flexibility index (Phi) is 6.91. The maximum atomic E-state index is 11.5. The van der Waals surface area contributed by atoms with Crippen molar-refractivity contribution in [3.05, 3.63) is 0 Å². The molecule has 0 heterocycles. The van der Waals surface area contributed by atoms with E-state index in [1.54, 1.807) is 0 Å². The monoisotopic (exact) mass is 301 g/mol. The van der Waals surface area contributed by atoms with Crippen LogP contribution in [0.2, 0.25) is 0 Å². The van der Waals surface area contributed by atoms with Crippen LogP contribution in [0.4, 0.5) is 0 Å². The van der Waals surface area contributed by atoms with E-state index < -0.39 is 50.3 Å². The first-order valence-corrected chi connectivity index (χ1v) is 6.57. The smallest absolute Gasteiger partial charge is 0.391 e. The average Bonchev–Trinajstić information content (AvgIpc) is 2.30. The van der Waals surface area contributed by atoms with Gasteiger partial charge in [-0.3, -0.25) is 14.1 Å². The van der Waals surface area contributed by atoms with Crippen LogP contribution >= 0.6 is 7.82 Å². The number of Topliss-reactive ketones (excluding diaryl/α,β-unsaturated/α-hetero) is 2. The van der Waals surface area contributed by atoms with Gasteiger partial charge in [-0.2, -0.15) is 0 Å². The van der Waals surface area contributed by atoms with Gasteiger partial charge in [-0.25, -0.2) is 4.57 Å². The summed E-state index contributed by atoms with van der Waals surface area (Å²) in [5.41, 5.74) is 5.33. The minimum absolute atomic E-state index is 1.11. The van der Waals surface area contributed by atoms with Crippen molar-refractivity contribution in [1.82, 2.24) is 0 Å². The molecular weight excluding hydrogens is 285 g/mol. The zero-order valence-electron chi connectivity index (χ0n) is 9.91. The predicted octanol–water partition coefficient (Wildman–Crippen LogP) is -3.34. The summed E-state index contributed by atoms with van der Waals surface area (Å²) >= 11 is 0. The van der Waals surface area contributed by atoms with Crippen molar-refractivity contribution in [3.8, 4) is 0 Å². The van der Waals surface area contributed by atoms with Crippen molar-refractivity contribution >= 4 is 19.4 Å². The number of aliphatic hydroxyl groups excluding tert-OH is 3. The Labute approximate surface area is 108 Å². The third-order valence-corrected chi connectivity index (χ3v) is 2.67. The van der Waals surface area contributed by atoms with Gasteiger partial charge in [-0.15, -0.1) is 0 Å². The second-order valence-corrected chi connectivity index (χ2v) is 4.96. The fraction of sp³-hybridized carbons (Fsp3) is 0.750. The van der Waals surface area contributed by atoms with E-state index in [1.165, 1.54) is 0 Å². The van der Waals surface area contributed by atoms with Crippen LogP contribution in [-0.4, -0.2) is 67.6 Å². The first kappa shape index (κ1) is 18.3. The van der Waals surface area contributed by atoms with E-state index in [-0.39, 0.29) is 0 Å². The third kappa shape index (κ3) is 5.85. The molecule has 0 aliphatic carbocycles. The number of hydrogen-bond acceptors (Lipinski definition) is 8. The minimum Gasteiger partial charge on any atom is -0.391 e. The lowest BCUT2D eigenvalue weighted by atomic mass is 9.97. The van der Waals surface area contributed by atoms with Crippen LogP contribution in [0, 0.1) is 0 Å². The number of carbonyl (C=O) groups is 2. The fourth-order valence-electron chi connectivity index (χ4n) is 1.18. The lowest BCUT2D eigenvalue weighted by molar-refractivity contribution is -0.144. The number of nitrogens with two attached hydrogens (primary N) is 1. The highest BCUT2D eigenvalue weighted by molar-refractivity contribution is 7.46. The van der Waals surface area contributed by atoms with E-state index in [0.29, 0.717) is 0 Å². The molecule has 0 rings (SSSR count). The molecule has 0 aromatic rings. The predicted molar refractivity (Wildman–Crippen MR) is 59.7 cm³/mol. The first-order chi connectivity index (χ1) is 8.51. The van der Waals surface area contributed by atoms with Gasteiger partial charge in [-0.05, 0) is 6.92 Å². The fourth-order valence-corrected chi connectivity index (χ4v) is 1.71. The van der Waals surface area contributed by atoms with Gasteiger partial charge >= 0.3 is 7.82 Å². The van der Waals surface area contributed by atoms with Gasteiger partial charge in [0.05, 0.1) is 18.2 Å². The van der Waals surface area contributed by atoms with E-state index in [9.17, 15) is 19.3 Å². The van der Waals surface area contributed by atoms with Gasteiger partial charge in [0.25, 0.3) is 0 Å². The van der Waals surface area contributed by atoms with Crippen molar-refractivity contribution in [2.75, 3.05) is 6.61 Å². The number of aliphatic hydroxyl groups is 3. The second kappa shape index (κ2) is 7.17. The summed E-state index contributed by atoms with van der Waals surface area (Å²) in [7, 11) is -5.18. The number of rotatable bonds is 8. The quantitative estimate of drug-likeness (QED) is 0.195. The molecule has 0 aliphatic heterocycles. The van der Waals surface area contributed by atoms with Crippen LogP contribution < -0.4 is 5.73 Å². The molecule has 0 amide bonds. The molecule has 0 fully saturated rings. The Morgan fingerprint density at radius 3 is 2.11 bits per heavy atom. The van der Waals surface area contributed by atoms with Crippen LogP contribution in [0.3, 0.4) is 0 Å². The molecule has 10 nitrogen and oxygen atoms in total. The van der Waals surface area contributed by atoms with E-state index >= 15 is 0 Å². The minimum atomic E-state index is -5.18. The highest BCUT2D eigenvalue weighted by atomic mass is 31.2. The number of phosphoric acid groups is 1. The molecule has 0 aliphatic rings. The number of hydrogen-bond donors (Lipinski definition) is 6. The molecule has 19 heavy (non-hydrogen) atoms. The van der Waals surface area contributed by atoms with Crippen LogP contribution in [0.1, 0.15) is 6.92 Å². The Morgan fingerprint density at radius 2 is 1.79 bits per heavy atom. The van der Waals surface area contributed by atoms with Crippen LogP contribution in [-0.2, 0) is 18.7 Å². The maximum Gasteiger partial charge on any atom is 0.470 e. The molecule has 7 N–H and O–H groups in total. The number of phosphoric ester groups is 1. The topological polar surface area (TPSA) is 188 Å². The zero-order valence-corrected chi connectivity index (χ0v) is 10.8.